The lowest BCUT2D eigenvalue weighted by molar-refractivity contribution is 0.0933. The summed E-state index contributed by atoms with van der Waals surface area (Å²) < 4.78 is 1.62. The van der Waals surface area contributed by atoms with Gasteiger partial charge in [-0.1, -0.05) is 18.2 Å². The van der Waals surface area contributed by atoms with Crippen LogP contribution in [0.1, 0.15) is 34.1 Å². The molecule has 0 spiro atoms. The fourth-order valence-corrected chi connectivity index (χ4v) is 2.14. The minimum absolute atomic E-state index is 0.0171. The third-order valence-electron chi connectivity index (χ3n) is 3.42. The van der Waals surface area contributed by atoms with E-state index in [-0.39, 0.29) is 5.91 Å². The Hall–Kier alpha value is -1.90. The second-order valence-corrected chi connectivity index (χ2v) is 4.63. The zero-order chi connectivity index (χ0) is 13.1. The molecule has 0 atom stereocenters. The third-order valence-corrected chi connectivity index (χ3v) is 3.42. The van der Waals surface area contributed by atoms with Gasteiger partial charge in [0, 0.05) is 18.8 Å². The number of carbonyl (C=O) groups is 1. The molecule has 18 heavy (non-hydrogen) atoms. The van der Waals surface area contributed by atoms with Gasteiger partial charge in [-0.2, -0.15) is 0 Å². The summed E-state index contributed by atoms with van der Waals surface area (Å²) in [6, 6.07) is 6.36. The summed E-state index contributed by atoms with van der Waals surface area (Å²) >= 11 is 0. The van der Waals surface area contributed by atoms with Gasteiger partial charge in [-0.05, 0) is 43.4 Å². The molecule has 0 aliphatic carbocycles. The molecule has 0 fully saturated rings. The third kappa shape index (κ3) is 2.50. The van der Waals surface area contributed by atoms with Crippen molar-refractivity contribution < 1.29 is 4.79 Å². The number of benzene rings is 1. The summed E-state index contributed by atoms with van der Waals surface area (Å²) in [6.07, 6.45) is 5.13. The van der Waals surface area contributed by atoms with E-state index in [1.54, 1.807) is 24.0 Å². The lowest BCUT2D eigenvalue weighted by atomic mass is 9.99. The first-order valence-electron chi connectivity index (χ1n) is 6.17. The van der Waals surface area contributed by atoms with E-state index in [1.165, 1.54) is 16.7 Å². The van der Waals surface area contributed by atoms with Crippen molar-refractivity contribution in [3.05, 3.63) is 53.1 Å². The van der Waals surface area contributed by atoms with Gasteiger partial charge in [0.15, 0.2) is 0 Å². The van der Waals surface area contributed by atoms with Gasteiger partial charge >= 0.3 is 0 Å². The molecule has 2 rings (SSSR count). The average Bonchev–Trinajstić information content (AvgIpc) is 2.79. The number of rotatable bonds is 3. The minimum Gasteiger partial charge on any atom is -0.274 e. The molecule has 0 aliphatic heterocycles. The van der Waals surface area contributed by atoms with Crippen LogP contribution in [0, 0.1) is 13.8 Å². The molecule has 0 radical (unpaired) electrons. The molecule has 0 N–H and O–H groups in total. The highest BCUT2D eigenvalue weighted by molar-refractivity contribution is 5.76. The van der Waals surface area contributed by atoms with Crippen LogP contribution in [0.15, 0.2) is 30.7 Å². The van der Waals surface area contributed by atoms with E-state index in [4.69, 9.17) is 0 Å². The first-order valence-corrected chi connectivity index (χ1v) is 6.17. The summed E-state index contributed by atoms with van der Waals surface area (Å²) in [5.74, 6) is 0.0171. The fourth-order valence-electron chi connectivity index (χ4n) is 2.14. The highest BCUT2D eigenvalue weighted by Crippen LogP contribution is 2.15. The summed E-state index contributed by atoms with van der Waals surface area (Å²) in [5.41, 5.74) is 4.97. The molecule has 94 valence electrons. The van der Waals surface area contributed by atoms with Crippen molar-refractivity contribution in [2.24, 2.45) is 0 Å². The lowest BCUT2D eigenvalue weighted by Gasteiger charge is -2.09. The summed E-state index contributed by atoms with van der Waals surface area (Å²) in [7, 11) is 0. The van der Waals surface area contributed by atoms with Crippen LogP contribution in [-0.2, 0) is 12.8 Å². The number of aryl methyl sites for hydroxylation is 3. The van der Waals surface area contributed by atoms with E-state index in [2.05, 4.69) is 37.0 Å². The number of imidazole rings is 1. The van der Waals surface area contributed by atoms with Crippen LogP contribution < -0.4 is 0 Å². The van der Waals surface area contributed by atoms with Gasteiger partial charge in [0.05, 0.1) is 0 Å². The molecular weight excluding hydrogens is 224 g/mol. The molecule has 3 heteroatoms. The zero-order valence-electron chi connectivity index (χ0n) is 11.1. The molecule has 0 aliphatic rings. The monoisotopic (exact) mass is 242 g/mol. The average molecular weight is 242 g/mol. The topological polar surface area (TPSA) is 34.9 Å². The van der Waals surface area contributed by atoms with Gasteiger partial charge in [0.2, 0.25) is 5.91 Å². The fraction of sp³-hybridized carbons (Fsp3) is 0.333. The molecule has 0 saturated carbocycles. The standard InChI is InChI=1S/C15H18N2O/c1-11-5-4-6-14(12(11)2)7-8-15-9-16-10-17(15)13(3)18/h4-6,9-10H,7-8H2,1-3H3. The largest absolute Gasteiger partial charge is 0.274 e. The van der Waals surface area contributed by atoms with Gasteiger partial charge < -0.3 is 0 Å². The summed E-state index contributed by atoms with van der Waals surface area (Å²) in [6.45, 7) is 5.83. The lowest BCUT2D eigenvalue weighted by Crippen LogP contribution is -2.09. The number of hydrogen-bond donors (Lipinski definition) is 0. The Bertz CT molecular complexity index is 570. The van der Waals surface area contributed by atoms with Crippen molar-refractivity contribution in [1.82, 2.24) is 9.55 Å². The van der Waals surface area contributed by atoms with E-state index >= 15 is 0 Å². The van der Waals surface area contributed by atoms with Crippen LogP contribution in [-0.4, -0.2) is 15.5 Å². The Kier molecular flexibility index (Phi) is 3.60. The second-order valence-electron chi connectivity index (χ2n) is 4.63. The van der Waals surface area contributed by atoms with Gasteiger partial charge in [-0.25, -0.2) is 4.98 Å². The summed E-state index contributed by atoms with van der Waals surface area (Å²) in [5, 5.41) is 0. The maximum atomic E-state index is 11.4. The van der Waals surface area contributed by atoms with Crippen LogP contribution in [0.25, 0.3) is 0 Å². The normalized spacial score (nSPS) is 10.6. The number of nitrogens with zero attached hydrogens (tertiary/aromatic N) is 2. The first-order chi connectivity index (χ1) is 8.59. The van der Waals surface area contributed by atoms with Crippen molar-refractivity contribution in [3.8, 4) is 0 Å². The predicted octanol–water partition coefficient (Wildman–Crippen LogP) is 2.95. The molecular formula is C15H18N2O. The van der Waals surface area contributed by atoms with Gasteiger partial charge in [0.1, 0.15) is 6.33 Å². The molecule has 0 amide bonds. The van der Waals surface area contributed by atoms with Crippen molar-refractivity contribution in [1.29, 1.82) is 0 Å². The van der Waals surface area contributed by atoms with Crippen LogP contribution in [0.4, 0.5) is 0 Å². The van der Waals surface area contributed by atoms with Crippen LogP contribution in [0.2, 0.25) is 0 Å². The highest BCUT2D eigenvalue weighted by atomic mass is 16.1. The summed E-state index contributed by atoms with van der Waals surface area (Å²) in [4.78, 5) is 15.4. The van der Waals surface area contributed by atoms with Crippen LogP contribution in [0.5, 0.6) is 0 Å². The Morgan fingerprint density at radius 2 is 2.06 bits per heavy atom. The van der Waals surface area contributed by atoms with E-state index in [0.29, 0.717) is 0 Å². The molecule has 0 saturated heterocycles. The van der Waals surface area contributed by atoms with Gasteiger partial charge in [-0.15, -0.1) is 0 Å². The van der Waals surface area contributed by atoms with Crippen molar-refractivity contribution in [2.45, 2.75) is 33.6 Å². The molecule has 1 aromatic carbocycles. The van der Waals surface area contributed by atoms with E-state index in [1.807, 2.05) is 0 Å². The molecule has 1 aromatic heterocycles. The molecule has 3 nitrogen and oxygen atoms in total. The van der Waals surface area contributed by atoms with E-state index < -0.39 is 0 Å². The van der Waals surface area contributed by atoms with E-state index in [0.717, 1.165) is 18.5 Å². The quantitative estimate of drug-likeness (QED) is 0.829. The smallest absolute Gasteiger partial charge is 0.228 e. The number of hydrogen-bond acceptors (Lipinski definition) is 2. The van der Waals surface area contributed by atoms with Crippen molar-refractivity contribution in [3.63, 3.8) is 0 Å². The Morgan fingerprint density at radius 3 is 2.78 bits per heavy atom. The molecule has 0 bridgehead atoms. The zero-order valence-corrected chi connectivity index (χ0v) is 11.1. The van der Waals surface area contributed by atoms with Gasteiger partial charge in [0.25, 0.3) is 0 Å². The van der Waals surface area contributed by atoms with Crippen molar-refractivity contribution >= 4 is 5.91 Å². The first kappa shape index (κ1) is 12.6. The number of carbonyl (C=O) groups excluding carboxylic acids is 1. The predicted molar refractivity (Wildman–Crippen MR) is 71.9 cm³/mol. The Balaban J connectivity index is 2.14. The maximum Gasteiger partial charge on any atom is 0.228 e. The van der Waals surface area contributed by atoms with E-state index in [9.17, 15) is 4.79 Å². The second kappa shape index (κ2) is 5.17. The Morgan fingerprint density at radius 1 is 1.28 bits per heavy atom. The van der Waals surface area contributed by atoms with Crippen LogP contribution in [0.3, 0.4) is 0 Å². The molecule has 2 aromatic rings. The number of aromatic nitrogens is 2. The molecule has 0 unspecified atom stereocenters. The van der Waals surface area contributed by atoms with Crippen LogP contribution >= 0.6 is 0 Å². The minimum atomic E-state index is 0.0171. The highest BCUT2D eigenvalue weighted by Gasteiger charge is 2.07. The molecule has 1 heterocycles. The van der Waals surface area contributed by atoms with Crippen molar-refractivity contribution in [2.75, 3.05) is 0 Å². The maximum absolute atomic E-state index is 11.4. The van der Waals surface area contributed by atoms with Gasteiger partial charge in [-0.3, -0.25) is 9.36 Å². The SMILES string of the molecule is CC(=O)n1cncc1CCc1cccc(C)c1C. The Labute approximate surface area is 107 Å².